The standard InChI is InChI=1S/C41H40F2N2O4S/c1-27-9-7-8-12-35(27)37-23-28(13-18-36(37)40(47)44-38(19-20-50-3)41(48)49-2)25-45(26-29-21-32(42)24-33(43)22-29)34-16-14-31(15-17-34)39(46)30-10-5-4-6-11-30/h4-18,21-24,38-39,46H,19-20,25-26H2,1-3H3,(H,44,47)/t38-,39?/m0/s1. The van der Waals surface area contributed by atoms with E-state index in [4.69, 9.17) is 4.74 Å². The Bertz CT molecular complexity index is 1900. The van der Waals surface area contributed by atoms with E-state index in [-0.39, 0.29) is 6.54 Å². The van der Waals surface area contributed by atoms with E-state index < -0.39 is 35.7 Å². The summed E-state index contributed by atoms with van der Waals surface area (Å²) >= 11 is 1.57. The fraction of sp³-hybridized carbons (Fsp3) is 0.220. The van der Waals surface area contributed by atoms with E-state index in [0.29, 0.717) is 41.0 Å². The molecule has 2 N–H and O–H groups in total. The van der Waals surface area contributed by atoms with Gasteiger partial charge in [-0.25, -0.2) is 13.6 Å². The highest BCUT2D eigenvalue weighted by atomic mass is 32.2. The van der Waals surface area contributed by atoms with Gasteiger partial charge in [-0.15, -0.1) is 0 Å². The number of carbonyl (C=O) groups excluding carboxylic acids is 2. The SMILES string of the molecule is COC(=O)[C@H](CCSC)NC(=O)c1ccc(CN(Cc2cc(F)cc(F)c2)c2ccc(C(O)c3ccccc3)cc2)cc1-c1ccccc1C. The Kier molecular flexibility index (Phi) is 12.4. The molecule has 50 heavy (non-hydrogen) atoms. The van der Waals surface area contributed by atoms with Crippen LogP contribution in [-0.2, 0) is 22.6 Å². The number of ether oxygens (including phenoxy) is 1. The quantitative estimate of drug-likeness (QED) is 0.114. The van der Waals surface area contributed by atoms with E-state index in [1.54, 1.807) is 17.8 Å². The molecule has 0 aliphatic heterocycles. The Hall–Kier alpha value is -4.99. The molecule has 1 amide bonds. The Labute approximate surface area is 296 Å². The second kappa shape index (κ2) is 17.1. The molecule has 5 aromatic rings. The van der Waals surface area contributed by atoms with Gasteiger partial charge in [0.25, 0.3) is 5.91 Å². The lowest BCUT2D eigenvalue weighted by molar-refractivity contribution is -0.142. The van der Waals surface area contributed by atoms with Crippen LogP contribution in [0.1, 0.15) is 50.7 Å². The monoisotopic (exact) mass is 694 g/mol. The van der Waals surface area contributed by atoms with Crippen LogP contribution in [0.5, 0.6) is 0 Å². The molecule has 0 aromatic heterocycles. The Morgan fingerprint density at radius 1 is 0.800 bits per heavy atom. The van der Waals surface area contributed by atoms with Crippen molar-refractivity contribution in [2.45, 2.75) is 38.6 Å². The number of esters is 1. The summed E-state index contributed by atoms with van der Waals surface area (Å²) in [6, 6.07) is 32.7. The lowest BCUT2D eigenvalue weighted by atomic mass is 9.93. The van der Waals surface area contributed by atoms with Crippen LogP contribution in [0, 0.1) is 18.6 Å². The van der Waals surface area contributed by atoms with E-state index in [1.807, 2.05) is 109 Å². The highest BCUT2D eigenvalue weighted by Crippen LogP contribution is 2.31. The minimum absolute atomic E-state index is 0.188. The molecule has 6 nitrogen and oxygen atoms in total. The molecule has 0 saturated carbocycles. The van der Waals surface area contributed by atoms with Crippen molar-refractivity contribution in [3.8, 4) is 11.1 Å². The van der Waals surface area contributed by atoms with Gasteiger partial charge in [0.15, 0.2) is 0 Å². The number of aryl methyl sites for hydroxylation is 1. The number of benzene rings is 5. The molecule has 258 valence electrons. The van der Waals surface area contributed by atoms with Crippen LogP contribution in [0.2, 0.25) is 0 Å². The topological polar surface area (TPSA) is 78.9 Å². The largest absolute Gasteiger partial charge is 0.467 e. The van der Waals surface area contributed by atoms with Crippen LogP contribution >= 0.6 is 11.8 Å². The first kappa shape index (κ1) is 36.3. The average Bonchev–Trinajstić information content (AvgIpc) is 3.12. The van der Waals surface area contributed by atoms with Gasteiger partial charge in [0.05, 0.1) is 7.11 Å². The molecule has 9 heteroatoms. The second-order valence-electron chi connectivity index (χ2n) is 12.1. The van der Waals surface area contributed by atoms with Crippen LogP contribution < -0.4 is 10.2 Å². The number of rotatable bonds is 14. The highest BCUT2D eigenvalue weighted by molar-refractivity contribution is 7.98. The minimum atomic E-state index is -0.814. The first-order valence-electron chi connectivity index (χ1n) is 16.3. The summed E-state index contributed by atoms with van der Waals surface area (Å²) in [5.74, 6) is -1.57. The number of carbonyl (C=O) groups is 2. The Morgan fingerprint density at radius 2 is 1.44 bits per heavy atom. The zero-order valence-corrected chi connectivity index (χ0v) is 29.1. The Balaban J connectivity index is 1.51. The van der Waals surface area contributed by atoms with Crippen LogP contribution in [-0.4, -0.2) is 42.1 Å². The smallest absolute Gasteiger partial charge is 0.328 e. The zero-order valence-electron chi connectivity index (χ0n) is 28.2. The van der Waals surface area contributed by atoms with Gasteiger partial charge in [-0.05, 0) is 101 Å². The third kappa shape index (κ3) is 9.16. The summed E-state index contributed by atoms with van der Waals surface area (Å²) in [5, 5.41) is 13.8. The zero-order chi connectivity index (χ0) is 35.6. The predicted molar refractivity (Wildman–Crippen MR) is 196 cm³/mol. The lowest BCUT2D eigenvalue weighted by Crippen LogP contribution is -2.42. The van der Waals surface area contributed by atoms with Gasteiger partial charge >= 0.3 is 5.97 Å². The van der Waals surface area contributed by atoms with Crippen LogP contribution in [0.15, 0.2) is 115 Å². The van der Waals surface area contributed by atoms with E-state index >= 15 is 0 Å². The van der Waals surface area contributed by atoms with Gasteiger partial charge in [0.1, 0.15) is 23.8 Å². The molecule has 0 saturated heterocycles. The number of hydrogen-bond acceptors (Lipinski definition) is 6. The van der Waals surface area contributed by atoms with Gasteiger partial charge < -0.3 is 20.1 Å². The maximum absolute atomic E-state index is 14.3. The van der Waals surface area contributed by atoms with Gasteiger partial charge in [-0.3, -0.25) is 4.79 Å². The molecule has 5 aromatic carbocycles. The number of methoxy groups -OCH3 is 1. The van der Waals surface area contributed by atoms with Gasteiger partial charge in [0, 0.05) is 30.4 Å². The van der Waals surface area contributed by atoms with E-state index in [0.717, 1.165) is 34.0 Å². The van der Waals surface area contributed by atoms with Gasteiger partial charge in [-0.2, -0.15) is 11.8 Å². The van der Waals surface area contributed by atoms with E-state index in [9.17, 15) is 23.5 Å². The van der Waals surface area contributed by atoms with Crippen molar-refractivity contribution in [3.05, 3.63) is 160 Å². The molecular weight excluding hydrogens is 655 g/mol. The molecule has 5 rings (SSSR count). The number of halogens is 2. The molecule has 0 radical (unpaired) electrons. The molecule has 0 aliphatic rings. The van der Waals surface area contributed by atoms with Crippen LogP contribution in [0.25, 0.3) is 11.1 Å². The molecule has 0 fully saturated rings. The van der Waals surface area contributed by atoms with Crippen molar-refractivity contribution in [2.24, 2.45) is 0 Å². The third-order valence-electron chi connectivity index (χ3n) is 8.52. The average molecular weight is 695 g/mol. The van der Waals surface area contributed by atoms with Crippen molar-refractivity contribution in [1.82, 2.24) is 5.32 Å². The summed E-state index contributed by atoms with van der Waals surface area (Å²) in [7, 11) is 1.30. The summed E-state index contributed by atoms with van der Waals surface area (Å²) in [6.07, 6.45) is 1.54. The Morgan fingerprint density at radius 3 is 2.10 bits per heavy atom. The van der Waals surface area contributed by atoms with Crippen LogP contribution in [0.4, 0.5) is 14.5 Å². The summed E-state index contributed by atoms with van der Waals surface area (Å²) in [6.45, 7) is 2.49. The fourth-order valence-electron chi connectivity index (χ4n) is 5.93. The molecule has 0 bridgehead atoms. The van der Waals surface area contributed by atoms with Crippen molar-refractivity contribution >= 4 is 29.3 Å². The molecule has 0 heterocycles. The van der Waals surface area contributed by atoms with Crippen molar-refractivity contribution in [2.75, 3.05) is 24.0 Å². The summed E-state index contributed by atoms with van der Waals surface area (Å²) in [5.41, 5.74) is 6.44. The van der Waals surface area contributed by atoms with Gasteiger partial charge in [0.2, 0.25) is 0 Å². The lowest BCUT2D eigenvalue weighted by Gasteiger charge is -2.27. The number of amides is 1. The second-order valence-corrected chi connectivity index (χ2v) is 13.0. The van der Waals surface area contributed by atoms with Crippen molar-refractivity contribution in [1.29, 1.82) is 0 Å². The summed E-state index contributed by atoms with van der Waals surface area (Å²) in [4.78, 5) is 28.3. The number of anilines is 1. The number of hydrogen-bond donors (Lipinski definition) is 2. The molecule has 0 aliphatic carbocycles. The molecule has 2 atom stereocenters. The minimum Gasteiger partial charge on any atom is -0.467 e. The normalized spacial score (nSPS) is 12.2. The number of nitrogens with zero attached hydrogens (tertiary/aromatic N) is 1. The number of thioether (sulfide) groups is 1. The highest BCUT2D eigenvalue weighted by Gasteiger charge is 2.24. The van der Waals surface area contributed by atoms with E-state index in [2.05, 4.69) is 5.32 Å². The molecular formula is C41H40F2N2O4S. The third-order valence-corrected chi connectivity index (χ3v) is 9.17. The maximum atomic E-state index is 14.3. The molecule has 1 unspecified atom stereocenters. The van der Waals surface area contributed by atoms with Crippen molar-refractivity contribution in [3.63, 3.8) is 0 Å². The van der Waals surface area contributed by atoms with Crippen molar-refractivity contribution < 1.29 is 28.2 Å². The first-order chi connectivity index (χ1) is 24.2. The summed E-state index contributed by atoms with van der Waals surface area (Å²) < 4.78 is 33.5. The number of aliphatic hydroxyl groups is 1. The first-order valence-corrected chi connectivity index (χ1v) is 17.7. The fourth-order valence-corrected chi connectivity index (χ4v) is 6.40. The van der Waals surface area contributed by atoms with Crippen LogP contribution in [0.3, 0.4) is 0 Å². The number of aliphatic hydroxyl groups excluding tert-OH is 1. The predicted octanol–water partition coefficient (Wildman–Crippen LogP) is 8.25. The maximum Gasteiger partial charge on any atom is 0.328 e. The molecule has 0 spiro atoms. The van der Waals surface area contributed by atoms with E-state index in [1.165, 1.54) is 19.2 Å². The number of nitrogens with one attached hydrogen (secondary N) is 1. The van der Waals surface area contributed by atoms with Gasteiger partial charge in [-0.1, -0.05) is 72.8 Å².